The summed E-state index contributed by atoms with van der Waals surface area (Å²) in [5.41, 5.74) is 3.93. The summed E-state index contributed by atoms with van der Waals surface area (Å²) in [5.74, 6) is 0.967. The topological polar surface area (TPSA) is 84.4 Å². The van der Waals surface area contributed by atoms with Crippen LogP contribution in [-0.4, -0.2) is 31.6 Å². The van der Waals surface area contributed by atoms with E-state index in [0.29, 0.717) is 17.3 Å². The Morgan fingerprint density at radius 1 is 1.11 bits per heavy atom. The molecule has 2 N–H and O–H groups in total. The Hall–Kier alpha value is -3.99. The second kappa shape index (κ2) is 7.32. The minimum absolute atomic E-state index is 0.162. The molecule has 8 heteroatoms. The summed E-state index contributed by atoms with van der Waals surface area (Å²) < 4.78 is 1.76. The second-order valence-corrected chi connectivity index (χ2v) is 6.19. The van der Waals surface area contributed by atoms with Gasteiger partial charge in [-0.2, -0.15) is 5.10 Å². The van der Waals surface area contributed by atoms with Crippen LogP contribution in [0.4, 0.5) is 17.3 Å². The molecule has 0 saturated heterocycles. The van der Waals surface area contributed by atoms with E-state index in [1.165, 1.54) is 6.33 Å². The zero-order chi connectivity index (χ0) is 19.5. The number of hydrogen-bond donors (Lipinski definition) is 2. The number of rotatable bonds is 5. The third kappa shape index (κ3) is 3.10. The number of nitrogens with one attached hydrogen (secondary N) is 2. The first-order chi connectivity index (χ1) is 13.7. The van der Waals surface area contributed by atoms with E-state index in [0.717, 1.165) is 22.5 Å². The number of anilines is 2. The Bertz CT molecular complexity index is 1160. The highest BCUT2D eigenvalue weighted by Crippen LogP contribution is 2.34. The van der Waals surface area contributed by atoms with Gasteiger partial charge in [0, 0.05) is 30.6 Å². The highest BCUT2D eigenvalue weighted by Gasteiger charge is 2.19. The summed E-state index contributed by atoms with van der Waals surface area (Å²) in [6.07, 6.45) is 4.98. The maximum Gasteiger partial charge on any atom is 0.269 e. The molecule has 28 heavy (non-hydrogen) atoms. The number of nitrogens with zero attached hydrogens (tertiary/aromatic N) is 6. The largest absolute Gasteiger partial charge is 0.382 e. The highest BCUT2D eigenvalue weighted by molar-refractivity contribution is 5.78. The minimum atomic E-state index is -0.162. The van der Waals surface area contributed by atoms with Crippen LogP contribution in [0.2, 0.25) is 0 Å². The van der Waals surface area contributed by atoms with E-state index in [-0.39, 0.29) is 6.04 Å². The molecule has 0 saturated carbocycles. The van der Waals surface area contributed by atoms with E-state index >= 15 is 0 Å². The first-order valence-electron chi connectivity index (χ1n) is 8.77. The van der Waals surface area contributed by atoms with Gasteiger partial charge in [-0.15, -0.1) is 0 Å². The molecule has 0 unspecified atom stereocenters. The maximum atomic E-state index is 7.48. The summed E-state index contributed by atoms with van der Waals surface area (Å²) in [4.78, 5) is 16.3. The second-order valence-electron chi connectivity index (χ2n) is 6.19. The summed E-state index contributed by atoms with van der Waals surface area (Å²) in [6, 6.07) is 11.8. The van der Waals surface area contributed by atoms with Crippen molar-refractivity contribution < 1.29 is 0 Å². The van der Waals surface area contributed by atoms with E-state index in [1.807, 2.05) is 49.5 Å². The van der Waals surface area contributed by atoms with Crippen LogP contribution in [0.15, 0.2) is 55.1 Å². The van der Waals surface area contributed by atoms with Gasteiger partial charge in [0.25, 0.3) is 5.69 Å². The lowest BCUT2D eigenvalue weighted by molar-refractivity contribution is 0.841. The van der Waals surface area contributed by atoms with Gasteiger partial charge >= 0.3 is 0 Å². The normalized spacial score (nSPS) is 11.8. The lowest BCUT2D eigenvalue weighted by atomic mass is 10.0. The number of imidazole rings is 1. The van der Waals surface area contributed by atoms with Gasteiger partial charge in [0.1, 0.15) is 18.0 Å². The van der Waals surface area contributed by atoms with E-state index in [9.17, 15) is 0 Å². The molecule has 138 valence electrons. The van der Waals surface area contributed by atoms with Crippen LogP contribution in [0.5, 0.6) is 0 Å². The van der Waals surface area contributed by atoms with Crippen molar-refractivity contribution in [3.8, 4) is 11.3 Å². The van der Waals surface area contributed by atoms with E-state index in [4.69, 9.17) is 11.7 Å². The predicted molar refractivity (Wildman–Crippen MR) is 108 cm³/mol. The molecule has 0 aliphatic carbocycles. The van der Waals surface area contributed by atoms with Gasteiger partial charge in [0.15, 0.2) is 5.65 Å². The minimum Gasteiger partial charge on any atom is -0.382 e. The quantitative estimate of drug-likeness (QED) is 0.518. The molecule has 0 aliphatic rings. The predicted octanol–water partition coefficient (Wildman–Crippen LogP) is 3.95. The number of fused-ring (bicyclic) bond motifs is 1. The first kappa shape index (κ1) is 17.4. The van der Waals surface area contributed by atoms with Gasteiger partial charge in [-0.3, -0.25) is 0 Å². The zero-order valence-electron chi connectivity index (χ0n) is 15.5. The molecular formula is C20H18N8. The maximum absolute atomic E-state index is 7.48. The third-order valence-electron chi connectivity index (χ3n) is 4.45. The molecule has 0 aliphatic heterocycles. The fraction of sp³-hybridized carbons (Fsp3) is 0.150. The lowest BCUT2D eigenvalue weighted by Gasteiger charge is -2.19. The van der Waals surface area contributed by atoms with Crippen LogP contribution in [0.1, 0.15) is 18.5 Å². The third-order valence-corrected chi connectivity index (χ3v) is 4.45. The molecule has 0 bridgehead atoms. The van der Waals surface area contributed by atoms with Crippen molar-refractivity contribution in [1.82, 2.24) is 24.6 Å². The molecule has 3 heterocycles. The van der Waals surface area contributed by atoms with Crippen molar-refractivity contribution in [2.24, 2.45) is 0 Å². The number of aromatic nitrogens is 5. The van der Waals surface area contributed by atoms with E-state index in [1.54, 1.807) is 17.8 Å². The summed E-state index contributed by atoms with van der Waals surface area (Å²) in [6.45, 7) is 9.49. The van der Waals surface area contributed by atoms with Crippen LogP contribution < -0.4 is 10.6 Å². The SMILES string of the molecule is [C-]#[N+]c1c(NC)ncnc1N[C@H](C)c1cc2nccn2nc1-c1ccccc1. The van der Waals surface area contributed by atoms with Crippen LogP contribution in [0.3, 0.4) is 0 Å². The molecule has 3 aromatic heterocycles. The first-order valence-corrected chi connectivity index (χ1v) is 8.77. The summed E-state index contributed by atoms with van der Waals surface area (Å²) in [5, 5.41) is 11.0. The highest BCUT2D eigenvalue weighted by atomic mass is 15.2. The Balaban J connectivity index is 1.80. The fourth-order valence-electron chi connectivity index (χ4n) is 3.08. The molecule has 0 fully saturated rings. The molecule has 1 aromatic carbocycles. The monoisotopic (exact) mass is 370 g/mol. The van der Waals surface area contributed by atoms with Crippen molar-refractivity contribution in [1.29, 1.82) is 0 Å². The zero-order valence-corrected chi connectivity index (χ0v) is 15.5. The summed E-state index contributed by atoms with van der Waals surface area (Å²) in [7, 11) is 1.73. The fourth-order valence-corrected chi connectivity index (χ4v) is 3.08. The Labute approximate surface area is 162 Å². The van der Waals surface area contributed by atoms with Gasteiger partial charge in [0.05, 0.1) is 18.3 Å². The average molecular weight is 370 g/mol. The molecule has 0 spiro atoms. The molecule has 0 amide bonds. The van der Waals surface area contributed by atoms with Crippen LogP contribution in [0, 0.1) is 6.57 Å². The lowest BCUT2D eigenvalue weighted by Crippen LogP contribution is -2.12. The number of benzene rings is 1. The van der Waals surface area contributed by atoms with Gasteiger partial charge in [0.2, 0.25) is 0 Å². The molecule has 4 aromatic rings. The van der Waals surface area contributed by atoms with Gasteiger partial charge < -0.3 is 10.6 Å². The summed E-state index contributed by atoms with van der Waals surface area (Å²) >= 11 is 0. The van der Waals surface area contributed by atoms with E-state index < -0.39 is 0 Å². The van der Waals surface area contributed by atoms with Crippen LogP contribution >= 0.6 is 0 Å². The molecule has 0 radical (unpaired) electrons. The van der Waals surface area contributed by atoms with Gasteiger partial charge in [-0.25, -0.2) is 24.3 Å². The molecular weight excluding hydrogens is 352 g/mol. The molecule has 4 rings (SSSR count). The Kier molecular flexibility index (Phi) is 4.56. The van der Waals surface area contributed by atoms with Crippen molar-refractivity contribution in [2.45, 2.75) is 13.0 Å². The smallest absolute Gasteiger partial charge is 0.269 e. The Morgan fingerprint density at radius 2 is 1.89 bits per heavy atom. The van der Waals surface area contributed by atoms with Crippen molar-refractivity contribution in [2.75, 3.05) is 17.7 Å². The average Bonchev–Trinajstić information content (AvgIpc) is 3.20. The van der Waals surface area contributed by atoms with Gasteiger partial charge in [-0.05, 0) is 13.0 Å². The van der Waals surface area contributed by atoms with E-state index in [2.05, 4.69) is 30.4 Å². The van der Waals surface area contributed by atoms with Crippen LogP contribution in [-0.2, 0) is 0 Å². The Morgan fingerprint density at radius 3 is 2.64 bits per heavy atom. The van der Waals surface area contributed by atoms with Crippen molar-refractivity contribution in [3.05, 3.63) is 72.1 Å². The van der Waals surface area contributed by atoms with Crippen LogP contribution in [0.25, 0.3) is 21.7 Å². The molecule has 1 atom stereocenters. The number of hydrogen-bond acceptors (Lipinski definition) is 6. The standard InChI is InChI=1S/C20H18N8/c1-13(26-20-18(21-2)19(22-3)24-12-25-20)15-11-16-23-9-10-28(16)27-17(15)14-7-5-4-6-8-14/h4-13H,1,3H3,(H2,22,24,25,26)/t13-/m1/s1. The van der Waals surface area contributed by atoms with Gasteiger partial charge in [-0.1, -0.05) is 30.3 Å². The molecule has 8 nitrogen and oxygen atoms in total. The van der Waals surface area contributed by atoms with Crippen molar-refractivity contribution >= 4 is 23.0 Å². The van der Waals surface area contributed by atoms with Crippen molar-refractivity contribution in [3.63, 3.8) is 0 Å².